The second-order valence-corrected chi connectivity index (χ2v) is 9.13. The minimum Gasteiger partial charge on any atom is -0.360 e. The van der Waals surface area contributed by atoms with Crippen molar-refractivity contribution in [2.45, 2.75) is 57.0 Å². The van der Waals surface area contributed by atoms with Gasteiger partial charge in [-0.15, -0.1) is 0 Å². The Morgan fingerprint density at radius 3 is 2.62 bits per heavy atom. The summed E-state index contributed by atoms with van der Waals surface area (Å²) in [6, 6.07) is 8.13. The Morgan fingerprint density at radius 2 is 1.97 bits per heavy atom. The van der Waals surface area contributed by atoms with Gasteiger partial charge in [0.1, 0.15) is 5.76 Å². The summed E-state index contributed by atoms with van der Waals surface area (Å²) < 4.78 is 32.7. The largest absolute Gasteiger partial charge is 0.360 e. The van der Waals surface area contributed by atoms with E-state index in [0.717, 1.165) is 19.3 Å². The fraction of sp³-hybridized carbons (Fsp3) is 0.500. The molecule has 8 nitrogen and oxygen atoms in total. The molecular weight excluding hydrogens is 392 g/mol. The van der Waals surface area contributed by atoms with Gasteiger partial charge in [-0.05, 0) is 37.8 Å². The predicted molar refractivity (Wildman–Crippen MR) is 110 cm³/mol. The number of hydrogen-bond donors (Lipinski definition) is 2. The first-order valence-corrected chi connectivity index (χ1v) is 11.4. The van der Waals surface area contributed by atoms with E-state index in [1.165, 1.54) is 0 Å². The summed E-state index contributed by atoms with van der Waals surface area (Å²) in [5.41, 5.74) is 0.654. The van der Waals surface area contributed by atoms with Crippen LogP contribution in [-0.2, 0) is 21.4 Å². The van der Waals surface area contributed by atoms with E-state index in [9.17, 15) is 13.2 Å². The van der Waals surface area contributed by atoms with Gasteiger partial charge in [0.15, 0.2) is 5.82 Å². The second kappa shape index (κ2) is 9.51. The van der Waals surface area contributed by atoms with Gasteiger partial charge in [0, 0.05) is 25.7 Å². The average Bonchev–Trinajstić information content (AvgIpc) is 3.14. The highest BCUT2D eigenvalue weighted by Crippen LogP contribution is 2.23. The lowest BCUT2D eigenvalue weighted by Gasteiger charge is -2.27. The summed E-state index contributed by atoms with van der Waals surface area (Å²) in [6.45, 7) is 5.02. The molecule has 2 heterocycles. The van der Waals surface area contributed by atoms with Gasteiger partial charge in [-0.2, -0.15) is 4.31 Å². The topological polar surface area (TPSA) is 105 Å². The van der Waals surface area contributed by atoms with E-state index in [-0.39, 0.29) is 12.5 Å². The predicted octanol–water partition coefficient (Wildman–Crippen LogP) is 2.66. The number of rotatable bonds is 8. The summed E-state index contributed by atoms with van der Waals surface area (Å²) in [5, 5.41) is 9.66. The summed E-state index contributed by atoms with van der Waals surface area (Å²) in [7, 11) is -3.54. The van der Waals surface area contributed by atoms with Gasteiger partial charge in [0.05, 0.1) is 10.9 Å². The van der Waals surface area contributed by atoms with Crippen molar-refractivity contribution in [1.29, 1.82) is 0 Å². The molecule has 1 aromatic carbocycles. The van der Waals surface area contributed by atoms with Crippen molar-refractivity contribution in [2.24, 2.45) is 0 Å². The smallest absolute Gasteiger partial charge is 0.243 e. The molecule has 9 heteroatoms. The van der Waals surface area contributed by atoms with E-state index in [4.69, 9.17) is 4.52 Å². The number of carbonyl (C=O) groups is 1. The molecule has 0 unspecified atom stereocenters. The van der Waals surface area contributed by atoms with E-state index in [2.05, 4.69) is 15.8 Å². The molecule has 3 rings (SSSR count). The number of piperidine rings is 1. The second-order valence-electron chi connectivity index (χ2n) is 7.23. The van der Waals surface area contributed by atoms with Crippen LogP contribution in [-0.4, -0.2) is 42.9 Å². The van der Waals surface area contributed by atoms with Crippen LogP contribution in [0.5, 0.6) is 0 Å². The zero-order valence-electron chi connectivity index (χ0n) is 16.8. The number of nitrogens with zero attached hydrogens (tertiary/aromatic N) is 2. The molecule has 1 aliphatic heterocycles. The standard InChI is InChI=1S/C20H28N4O4S/c1-3-17(20(25)22-19-13-15(2)28-23-19)21-14-16-9-5-6-10-18(16)29(26,27)24-11-7-4-8-12-24/h5-6,9-10,13,17,21H,3-4,7-8,11-12,14H2,1-2H3,(H,22,23,25)/t17-/m0/s1. The van der Waals surface area contributed by atoms with Crippen LogP contribution < -0.4 is 10.6 Å². The van der Waals surface area contributed by atoms with Gasteiger partial charge in [-0.25, -0.2) is 8.42 Å². The summed E-state index contributed by atoms with van der Waals surface area (Å²) in [6.07, 6.45) is 3.38. The first-order chi connectivity index (χ1) is 13.9. The van der Waals surface area contributed by atoms with E-state index in [1.807, 2.05) is 13.0 Å². The van der Waals surface area contributed by atoms with Crippen LogP contribution in [0.4, 0.5) is 5.82 Å². The normalized spacial score (nSPS) is 16.5. The maximum atomic E-state index is 13.1. The molecule has 0 radical (unpaired) electrons. The Bertz CT molecular complexity index is 935. The maximum absolute atomic E-state index is 13.1. The molecule has 1 aromatic heterocycles. The maximum Gasteiger partial charge on any atom is 0.243 e. The molecule has 1 fully saturated rings. The van der Waals surface area contributed by atoms with Crippen molar-refractivity contribution in [3.05, 3.63) is 41.7 Å². The van der Waals surface area contributed by atoms with Crippen molar-refractivity contribution in [3.63, 3.8) is 0 Å². The van der Waals surface area contributed by atoms with Crippen LogP contribution in [0, 0.1) is 6.92 Å². The third kappa shape index (κ3) is 5.23. The van der Waals surface area contributed by atoms with Gasteiger partial charge in [-0.1, -0.05) is 36.7 Å². The molecule has 29 heavy (non-hydrogen) atoms. The number of aromatic nitrogens is 1. The Hall–Kier alpha value is -2.23. The number of sulfonamides is 1. The number of nitrogens with one attached hydrogen (secondary N) is 2. The Labute approximate surface area is 171 Å². The lowest BCUT2D eigenvalue weighted by atomic mass is 10.1. The fourth-order valence-corrected chi connectivity index (χ4v) is 5.18. The van der Waals surface area contributed by atoms with E-state index < -0.39 is 16.1 Å². The monoisotopic (exact) mass is 420 g/mol. The number of carbonyl (C=O) groups excluding carboxylic acids is 1. The van der Waals surface area contributed by atoms with Crippen LogP contribution in [0.3, 0.4) is 0 Å². The first kappa shape index (κ1) is 21.5. The highest BCUT2D eigenvalue weighted by molar-refractivity contribution is 7.89. The number of anilines is 1. The Balaban J connectivity index is 1.70. The zero-order chi connectivity index (χ0) is 20.9. The molecule has 1 aliphatic rings. The molecule has 158 valence electrons. The van der Waals surface area contributed by atoms with Crippen molar-refractivity contribution >= 4 is 21.7 Å². The number of amides is 1. The molecular formula is C20H28N4O4S. The third-order valence-corrected chi connectivity index (χ3v) is 7.05. The van der Waals surface area contributed by atoms with Gasteiger partial charge in [-0.3, -0.25) is 4.79 Å². The molecule has 0 bridgehead atoms. The molecule has 2 N–H and O–H groups in total. The quantitative estimate of drug-likeness (QED) is 0.680. The van der Waals surface area contributed by atoms with Gasteiger partial charge in [0.2, 0.25) is 15.9 Å². The lowest BCUT2D eigenvalue weighted by molar-refractivity contribution is -0.118. The van der Waals surface area contributed by atoms with Crippen molar-refractivity contribution in [2.75, 3.05) is 18.4 Å². The van der Waals surface area contributed by atoms with Crippen LogP contribution >= 0.6 is 0 Å². The fourth-order valence-electron chi connectivity index (χ4n) is 3.44. The van der Waals surface area contributed by atoms with E-state index >= 15 is 0 Å². The molecule has 2 aromatic rings. The van der Waals surface area contributed by atoms with Crippen LogP contribution in [0.15, 0.2) is 39.8 Å². The first-order valence-electron chi connectivity index (χ1n) is 9.97. The molecule has 1 saturated heterocycles. The highest BCUT2D eigenvalue weighted by atomic mass is 32.2. The van der Waals surface area contributed by atoms with Crippen molar-refractivity contribution < 1.29 is 17.7 Å². The van der Waals surface area contributed by atoms with Crippen molar-refractivity contribution in [1.82, 2.24) is 14.8 Å². The lowest BCUT2D eigenvalue weighted by Crippen LogP contribution is -2.40. The molecule has 1 amide bonds. The van der Waals surface area contributed by atoms with Crippen molar-refractivity contribution in [3.8, 4) is 0 Å². The summed E-state index contributed by atoms with van der Waals surface area (Å²) in [5.74, 6) is 0.733. The zero-order valence-corrected chi connectivity index (χ0v) is 17.7. The number of aryl methyl sites for hydroxylation is 1. The molecule has 0 saturated carbocycles. The van der Waals surface area contributed by atoms with E-state index in [1.54, 1.807) is 35.5 Å². The highest BCUT2D eigenvalue weighted by Gasteiger charge is 2.28. The molecule has 0 spiro atoms. The third-order valence-electron chi connectivity index (χ3n) is 5.05. The van der Waals surface area contributed by atoms with Crippen LogP contribution in [0.1, 0.15) is 43.9 Å². The van der Waals surface area contributed by atoms with Crippen LogP contribution in [0.2, 0.25) is 0 Å². The van der Waals surface area contributed by atoms with Gasteiger partial charge >= 0.3 is 0 Å². The average molecular weight is 421 g/mol. The summed E-state index contributed by atoms with van der Waals surface area (Å²) >= 11 is 0. The number of hydrogen-bond acceptors (Lipinski definition) is 6. The van der Waals surface area contributed by atoms with Gasteiger partial charge in [0.25, 0.3) is 0 Å². The minimum absolute atomic E-state index is 0.239. The molecule has 0 aliphatic carbocycles. The molecule has 1 atom stereocenters. The Kier molecular flexibility index (Phi) is 7.05. The van der Waals surface area contributed by atoms with Gasteiger partial charge < -0.3 is 15.2 Å². The van der Waals surface area contributed by atoms with E-state index in [0.29, 0.717) is 41.5 Å². The van der Waals surface area contributed by atoms with Crippen LogP contribution in [0.25, 0.3) is 0 Å². The summed E-state index contributed by atoms with van der Waals surface area (Å²) in [4.78, 5) is 12.8. The minimum atomic E-state index is -3.54. The Morgan fingerprint density at radius 1 is 1.24 bits per heavy atom. The number of benzene rings is 1. The SMILES string of the molecule is CC[C@H](NCc1ccccc1S(=O)(=O)N1CCCCC1)C(=O)Nc1cc(C)on1.